The lowest BCUT2D eigenvalue weighted by Crippen LogP contribution is -2.33. The third-order valence-corrected chi connectivity index (χ3v) is 3.01. The molecule has 0 unspecified atom stereocenters. The summed E-state index contributed by atoms with van der Waals surface area (Å²) in [7, 11) is 0. The molecule has 1 saturated carbocycles. The van der Waals surface area contributed by atoms with Gasteiger partial charge in [-0.3, -0.25) is 0 Å². The number of halogens is 1. The quantitative estimate of drug-likeness (QED) is 0.798. The molecule has 0 aliphatic heterocycles. The van der Waals surface area contributed by atoms with E-state index < -0.39 is 5.82 Å². The summed E-state index contributed by atoms with van der Waals surface area (Å²) in [5.41, 5.74) is 5.67. The summed E-state index contributed by atoms with van der Waals surface area (Å²) < 4.78 is 13.2. The Bertz CT molecular complexity index is 362. The van der Waals surface area contributed by atoms with Crippen LogP contribution >= 0.6 is 0 Å². The molecule has 1 aliphatic rings. The fourth-order valence-corrected chi connectivity index (χ4v) is 1.76. The molecule has 0 spiro atoms. The van der Waals surface area contributed by atoms with Gasteiger partial charge in [0.25, 0.3) is 0 Å². The van der Waals surface area contributed by atoms with Gasteiger partial charge < -0.3 is 11.1 Å². The van der Waals surface area contributed by atoms with Crippen LogP contribution in [0.3, 0.4) is 0 Å². The Kier molecular flexibility index (Phi) is 2.46. The van der Waals surface area contributed by atoms with Crippen molar-refractivity contribution >= 4 is 11.8 Å². The highest BCUT2D eigenvalue weighted by atomic mass is 19.1. The van der Waals surface area contributed by atoms with Crippen LogP contribution in [0.15, 0.2) is 6.20 Å². The van der Waals surface area contributed by atoms with Gasteiger partial charge in [-0.05, 0) is 18.3 Å². The minimum atomic E-state index is -0.452. The van der Waals surface area contributed by atoms with Crippen molar-refractivity contribution in [3.05, 3.63) is 12.0 Å². The van der Waals surface area contributed by atoms with Crippen LogP contribution in [0.1, 0.15) is 26.2 Å². The number of hydrogen-bond donors (Lipinski definition) is 2. The molecule has 82 valence electrons. The van der Waals surface area contributed by atoms with E-state index in [0.717, 1.165) is 12.7 Å². The maximum Gasteiger partial charge on any atom is 0.222 e. The van der Waals surface area contributed by atoms with E-state index in [0.29, 0.717) is 0 Å². The van der Waals surface area contributed by atoms with Crippen LogP contribution in [0.2, 0.25) is 0 Å². The maximum atomic E-state index is 13.2. The first-order valence-electron chi connectivity index (χ1n) is 5.11. The summed E-state index contributed by atoms with van der Waals surface area (Å²) in [4.78, 5) is 7.38. The third kappa shape index (κ3) is 2.16. The smallest absolute Gasteiger partial charge is 0.222 e. The minimum Gasteiger partial charge on any atom is -0.368 e. The summed E-state index contributed by atoms with van der Waals surface area (Å²) in [6.45, 7) is 2.92. The standard InChI is InChI=1S/C10H15FN4/c1-10(3-2-4-10)6-14-8-7(11)5-13-9(12)15-8/h5H,2-4,6H2,1H3,(H3,12,13,14,15). The van der Waals surface area contributed by atoms with E-state index in [1.807, 2.05) is 0 Å². The summed E-state index contributed by atoms with van der Waals surface area (Å²) in [5, 5.41) is 2.99. The molecule has 0 radical (unpaired) electrons. The van der Waals surface area contributed by atoms with Gasteiger partial charge in [0.05, 0.1) is 6.20 Å². The number of rotatable bonds is 3. The molecule has 0 bridgehead atoms. The van der Waals surface area contributed by atoms with Gasteiger partial charge in [0.15, 0.2) is 11.6 Å². The Morgan fingerprint density at radius 3 is 2.93 bits per heavy atom. The summed E-state index contributed by atoms with van der Waals surface area (Å²) in [5.74, 6) is -0.152. The second kappa shape index (κ2) is 3.64. The Hall–Kier alpha value is -1.39. The van der Waals surface area contributed by atoms with E-state index in [4.69, 9.17) is 5.73 Å². The molecular formula is C10H15FN4. The summed E-state index contributed by atoms with van der Waals surface area (Å²) in [6, 6.07) is 0. The highest BCUT2D eigenvalue weighted by Gasteiger charge is 2.31. The van der Waals surface area contributed by atoms with E-state index in [2.05, 4.69) is 22.2 Å². The highest BCUT2D eigenvalue weighted by Crippen LogP contribution is 2.40. The van der Waals surface area contributed by atoms with Gasteiger partial charge in [0, 0.05) is 6.54 Å². The molecule has 1 aromatic heterocycles. The fourth-order valence-electron chi connectivity index (χ4n) is 1.76. The van der Waals surface area contributed by atoms with Crippen molar-refractivity contribution in [2.45, 2.75) is 26.2 Å². The van der Waals surface area contributed by atoms with Gasteiger partial charge >= 0.3 is 0 Å². The van der Waals surface area contributed by atoms with Crippen molar-refractivity contribution in [2.24, 2.45) is 5.41 Å². The normalized spacial score (nSPS) is 18.3. The van der Waals surface area contributed by atoms with Gasteiger partial charge in [-0.25, -0.2) is 9.37 Å². The second-order valence-corrected chi connectivity index (χ2v) is 4.44. The van der Waals surface area contributed by atoms with E-state index >= 15 is 0 Å². The van der Waals surface area contributed by atoms with E-state index in [1.165, 1.54) is 19.3 Å². The van der Waals surface area contributed by atoms with Crippen LogP contribution in [0.25, 0.3) is 0 Å². The first-order chi connectivity index (χ1) is 7.09. The molecule has 0 amide bonds. The minimum absolute atomic E-state index is 0.0951. The molecule has 1 aromatic rings. The monoisotopic (exact) mass is 210 g/mol. The molecule has 1 heterocycles. The zero-order chi connectivity index (χ0) is 10.9. The number of anilines is 2. The summed E-state index contributed by atoms with van der Waals surface area (Å²) >= 11 is 0. The third-order valence-electron chi connectivity index (χ3n) is 3.01. The molecule has 3 N–H and O–H groups in total. The van der Waals surface area contributed by atoms with Crippen LogP contribution in [-0.4, -0.2) is 16.5 Å². The zero-order valence-electron chi connectivity index (χ0n) is 8.76. The van der Waals surface area contributed by atoms with Crippen LogP contribution in [0, 0.1) is 11.2 Å². The van der Waals surface area contributed by atoms with Crippen molar-refractivity contribution in [3.63, 3.8) is 0 Å². The Balaban J connectivity index is 2.01. The maximum absolute atomic E-state index is 13.2. The molecule has 1 fully saturated rings. The van der Waals surface area contributed by atoms with Crippen molar-refractivity contribution < 1.29 is 4.39 Å². The lowest BCUT2D eigenvalue weighted by Gasteiger charge is -2.38. The predicted octanol–water partition coefficient (Wildman–Crippen LogP) is 1.80. The van der Waals surface area contributed by atoms with Gasteiger partial charge in [0.1, 0.15) is 0 Å². The van der Waals surface area contributed by atoms with Gasteiger partial charge in [-0.2, -0.15) is 4.98 Å². The number of nitrogens with zero attached hydrogens (tertiary/aromatic N) is 2. The second-order valence-electron chi connectivity index (χ2n) is 4.44. The molecule has 1 aliphatic carbocycles. The van der Waals surface area contributed by atoms with E-state index in [-0.39, 0.29) is 17.2 Å². The number of nitrogen functional groups attached to an aromatic ring is 1. The molecular weight excluding hydrogens is 195 g/mol. The highest BCUT2D eigenvalue weighted by molar-refractivity contribution is 5.39. The van der Waals surface area contributed by atoms with Crippen molar-refractivity contribution in [1.29, 1.82) is 0 Å². The van der Waals surface area contributed by atoms with Gasteiger partial charge in [-0.1, -0.05) is 13.3 Å². The number of nitrogens with one attached hydrogen (secondary N) is 1. The van der Waals surface area contributed by atoms with Crippen molar-refractivity contribution in [1.82, 2.24) is 9.97 Å². The summed E-state index contributed by atoms with van der Waals surface area (Å²) in [6.07, 6.45) is 4.71. The first-order valence-corrected chi connectivity index (χ1v) is 5.11. The average molecular weight is 210 g/mol. The molecule has 0 aromatic carbocycles. The Morgan fingerprint density at radius 2 is 2.33 bits per heavy atom. The molecule has 0 atom stereocenters. The molecule has 5 heteroatoms. The molecule has 0 saturated heterocycles. The van der Waals surface area contributed by atoms with E-state index in [1.54, 1.807) is 0 Å². The SMILES string of the molecule is CC1(CNc2nc(N)ncc2F)CCC1. The Morgan fingerprint density at radius 1 is 1.60 bits per heavy atom. The van der Waals surface area contributed by atoms with E-state index in [9.17, 15) is 4.39 Å². The van der Waals surface area contributed by atoms with Crippen LogP contribution < -0.4 is 11.1 Å². The van der Waals surface area contributed by atoms with Crippen molar-refractivity contribution in [3.8, 4) is 0 Å². The molecule has 4 nitrogen and oxygen atoms in total. The lowest BCUT2D eigenvalue weighted by molar-refractivity contribution is 0.179. The van der Waals surface area contributed by atoms with Gasteiger partial charge in [-0.15, -0.1) is 0 Å². The van der Waals surface area contributed by atoms with Gasteiger partial charge in [0.2, 0.25) is 5.95 Å². The first kappa shape index (κ1) is 10.1. The predicted molar refractivity (Wildman–Crippen MR) is 56.9 cm³/mol. The largest absolute Gasteiger partial charge is 0.368 e. The topological polar surface area (TPSA) is 63.8 Å². The molecule has 2 rings (SSSR count). The Labute approximate surface area is 88.1 Å². The average Bonchev–Trinajstić information content (AvgIpc) is 2.17. The molecule has 15 heavy (non-hydrogen) atoms. The van der Waals surface area contributed by atoms with Crippen LogP contribution in [0.4, 0.5) is 16.2 Å². The number of hydrogen-bond acceptors (Lipinski definition) is 4. The number of nitrogens with two attached hydrogens (primary N) is 1. The zero-order valence-corrected chi connectivity index (χ0v) is 8.76. The lowest BCUT2D eigenvalue weighted by atomic mass is 9.70. The van der Waals surface area contributed by atoms with Crippen LogP contribution in [-0.2, 0) is 0 Å². The van der Waals surface area contributed by atoms with Crippen LogP contribution in [0.5, 0.6) is 0 Å². The number of aromatic nitrogens is 2. The fraction of sp³-hybridized carbons (Fsp3) is 0.600. The van der Waals surface area contributed by atoms with Crippen molar-refractivity contribution in [2.75, 3.05) is 17.6 Å².